The van der Waals surface area contributed by atoms with E-state index in [9.17, 15) is 9.90 Å². The average molecular weight is 305 g/mol. The smallest absolute Gasteiger partial charge is 0.267 e. The highest BCUT2D eigenvalue weighted by Gasteiger charge is 2.38. The van der Waals surface area contributed by atoms with E-state index >= 15 is 0 Å². The van der Waals surface area contributed by atoms with Crippen LogP contribution in [0.3, 0.4) is 0 Å². The van der Waals surface area contributed by atoms with E-state index in [0.717, 1.165) is 0 Å². The van der Waals surface area contributed by atoms with Gasteiger partial charge in [-0.15, -0.1) is 0 Å². The number of ether oxygens (including phenoxy) is 1. The third-order valence-corrected chi connectivity index (χ3v) is 3.64. The lowest BCUT2D eigenvalue weighted by atomic mass is 9.99. The van der Waals surface area contributed by atoms with Crippen LogP contribution in [0, 0.1) is 6.92 Å². The highest BCUT2D eigenvalue weighted by molar-refractivity contribution is 5.33. The number of likely N-dealkylation sites (N-methyl/N-ethyl adjacent to an activating group) is 1. The molecule has 2 aromatic rings. The molecule has 1 aromatic carbocycles. The lowest BCUT2D eigenvalue weighted by Gasteiger charge is -2.30. The molecule has 1 unspecified atom stereocenters. The van der Waals surface area contributed by atoms with Crippen LogP contribution in [-0.4, -0.2) is 47.0 Å². The summed E-state index contributed by atoms with van der Waals surface area (Å²) in [5, 5.41) is 13.9. The number of benzene rings is 1. The zero-order valence-corrected chi connectivity index (χ0v) is 13.5. The molecule has 0 amide bonds. The number of aromatic nitrogens is 2. The molecule has 120 valence electrons. The molecule has 0 aliphatic carbocycles. The quantitative estimate of drug-likeness (QED) is 0.774. The van der Waals surface area contributed by atoms with Crippen LogP contribution in [0.15, 0.2) is 35.1 Å². The zero-order chi connectivity index (χ0) is 16.3. The van der Waals surface area contributed by atoms with E-state index in [1.807, 2.05) is 37.2 Å². The van der Waals surface area contributed by atoms with Gasteiger partial charge in [0.2, 0.25) is 5.79 Å². The topological polar surface area (TPSA) is 70.5 Å². The van der Waals surface area contributed by atoms with E-state index in [2.05, 4.69) is 5.10 Å². The van der Waals surface area contributed by atoms with Gasteiger partial charge in [0, 0.05) is 24.7 Å². The van der Waals surface area contributed by atoms with Crippen LogP contribution < -0.4 is 5.56 Å². The second-order valence-corrected chi connectivity index (χ2v) is 5.64. The summed E-state index contributed by atoms with van der Waals surface area (Å²) in [7, 11) is 5.55. The Balaban J connectivity index is 2.48. The van der Waals surface area contributed by atoms with Crippen molar-refractivity contribution in [3.63, 3.8) is 0 Å². The van der Waals surface area contributed by atoms with Gasteiger partial charge < -0.3 is 14.7 Å². The van der Waals surface area contributed by atoms with Gasteiger partial charge in [-0.3, -0.25) is 14.6 Å². The maximum absolute atomic E-state index is 11.9. The summed E-state index contributed by atoms with van der Waals surface area (Å²) >= 11 is 0. The molecule has 1 atom stereocenters. The van der Waals surface area contributed by atoms with Gasteiger partial charge in [0.05, 0.1) is 6.61 Å². The lowest BCUT2D eigenvalue weighted by molar-refractivity contribution is -0.186. The van der Waals surface area contributed by atoms with Crippen molar-refractivity contribution in [3.8, 4) is 0 Å². The Labute approximate surface area is 129 Å². The molecule has 6 heteroatoms. The number of nitrogens with zero attached hydrogens (tertiary/aromatic N) is 2. The van der Waals surface area contributed by atoms with Gasteiger partial charge in [-0.25, -0.2) is 0 Å². The third-order valence-electron chi connectivity index (χ3n) is 3.64. The van der Waals surface area contributed by atoms with Crippen molar-refractivity contribution in [1.29, 1.82) is 0 Å². The summed E-state index contributed by atoms with van der Waals surface area (Å²) in [6.07, 6.45) is 0. The summed E-state index contributed by atoms with van der Waals surface area (Å²) in [5.41, 5.74) is 1.22. The number of hydrogen-bond acceptors (Lipinski definition) is 4. The predicted octanol–water partition coefficient (Wildman–Crippen LogP) is 0.793. The van der Waals surface area contributed by atoms with Crippen LogP contribution in [0.2, 0.25) is 0 Å². The normalized spacial score (nSPS) is 14.3. The molecule has 0 fully saturated rings. The van der Waals surface area contributed by atoms with E-state index in [0.29, 0.717) is 30.0 Å². The molecular weight excluding hydrogens is 282 g/mol. The molecule has 0 radical (unpaired) electrons. The Bertz CT molecular complexity index is 676. The first-order valence-electron chi connectivity index (χ1n) is 7.19. The Kier molecular flexibility index (Phi) is 4.85. The lowest BCUT2D eigenvalue weighted by Crippen LogP contribution is -2.36. The molecule has 22 heavy (non-hydrogen) atoms. The SMILES string of the molecule is Cc1c(C(O)(OCCN(C)C)c2ccccc2)n(C)[nH]c1=O. The molecule has 6 nitrogen and oxygen atoms in total. The monoisotopic (exact) mass is 305 g/mol. The maximum atomic E-state index is 11.9. The minimum atomic E-state index is -1.67. The van der Waals surface area contributed by atoms with Gasteiger partial charge in [0.25, 0.3) is 5.56 Å². The van der Waals surface area contributed by atoms with E-state index in [1.165, 1.54) is 4.68 Å². The van der Waals surface area contributed by atoms with Gasteiger partial charge in [0.15, 0.2) is 0 Å². The van der Waals surface area contributed by atoms with Crippen molar-refractivity contribution >= 4 is 0 Å². The van der Waals surface area contributed by atoms with E-state index in [1.54, 1.807) is 26.1 Å². The van der Waals surface area contributed by atoms with Crippen LogP contribution in [0.1, 0.15) is 16.8 Å². The first-order chi connectivity index (χ1) is 10.4. The van der Waals surface area contributed by atoms with Crippen molar-refractivity contribution in [1.82, 2.24) is 14.7 Å². The molecule has 0 bridgehead atoms. The van der Waals surface area contributed by atoms with Gasteiger partial charge >= 0.3 is 0 Å². The highest BCUT2D eigenvalue weighted by atomic mass is 16.6. The molecule has 1 heterocycles. The number of rotatable bonds is 6. The van der Waals surface area contributed by atoms with Gasteiger partial charge in [-0.2, -0.15) is 0 Å². The van der Waals surface area contributed by atoms with E-state index in [-0.39, 0.29) is 5.56 Å². The van der Waals surface area contributed by atoms with Gasteiger partial charge in [-0.05, 0) is 21.0 Å². The number of nitrogens with one attached hydrogen (secondary N) is 1. The average Bonchev–Trinajstić information content (AvgIpc) is 2.73. The zero-order valence-electron chi connectivity index (χ0n) is 13.5. The molecule has 0 aliphatic heterocycles. The molecule has 0 saturated carbocycles. The van der Waals surface area contributed by atoms with E-state index in [4.69, 9.17) is 4.74 Å². The van der Waals surface area contributed by atoms with Crippen molar-refractivity contribution in [3.05, 3.63) is 57.5 Å². The van der Waals surface area contributed by atoms with Crippen LogP contribution in [0.5, 0.6) is 0 Å². The number of aromatic amines is 1. The van der Waals surface area contributed by atoms with Crippen molar-refractivity contribution in [2.75, 3.05) is 27.2 Å². The number of aryl methyl sites for hydroxylation is 1. The Hall–Kier alpha value is -1.89. The predicted molar refractivity (Wildman–Crippen MR) is 84.7 cm³/mol. The summed E-state index contributed by atoms with van der Waals surface area (Å²) in [6.45, 7) is 2.67. The van der Waals surface area contributed by atoms with Crippen molar-refractivity contribution < 1.29 is 9.84 Å². The van der Waals surface area contributed by atoms with Crippen LogP contribution >= 0.6 is 0 Å². The summed E-state index contributed by atoms with van der Waals surface area (Å²) in [6, 6.07) is 9.09. The third kappa shape index (κ3) is 3.14. The second-order valence-electron chi connectivity index (χ2n) is 5.64. The first-order valence-corrected chi connectivity index (χ1v) is 7.19. The first kappa shape index (κ1) is 16.5. The number of aliphatic hydroxyl groups is 1. The van der Waals surface area contributed by atoms with E-state index < -0.39 is 5.79 Å². The molecule has 2 N–H and O–H groups in total. The molecule has 0 aliphatic rings. The van der Waals surface area contributed by atoms with Crippen LogP contribution in [-0.2, 0) is 17.6 Å². The number of hydrogen-bond donors (Lipinski definition) is 2. The Morgan fingerprint density at radius 3 is 2.45 bits per heavy atom. The molecule has 1 aromatic heterocycles. The molecular formula is C16H23N3O3. The summed E-state index contributed by atoms with van der Waals surface area (Å²) in [4.78, 5) is 13.8. The van der Waals surface area contributed by atoms with Crippen molar-refractivity contribution in [2.45, 2.75) is 12.7 Å². The highest BCUT2D eigenvalue weighted by Crippen LogP contribution is 2.31. The van der Waals surface area contributed by atoms with Gasteiger partial charge in [0.1, 0.15) is 5.69 Å². The minimum absolute atomic E-state index is 0.233. The molecule has 0 spiro atoms. The standard InChI is InChI=1S/C16H23N3O3/c1-12-14(19(4)17-15(12)20)16(21,22-11-10-18(2)3)13-8-6-5-7-9-13/h5-9,21H,10-11H2,1-4H3,(H,17,20). The van der Waals surface area contributed by atoms with Crippen LogP contribution in [0.25, 0.3) is 0 Å². The Morgan fingerprint density at radius 1 is 1.32 bits per heavy atom. The fourth-order valence-corrected chi connectivity index (χ4v) is 2.46. The summed E-state index contributed by atoms with van der Waals surface area (Å²) < 4.78 is 7.34. The summed E-state index contributed by atoms with van der Waals surface area (Å²) in [5.74, 6) is -1.67. The van der Waals surface area contributed by atoms with Gasteiger partial charge in [-0.1, -0.05) is 30.3 Å². The molecule has 2 rings (SSSR count). The van der Waals surface area contributed by atoms with Crippen LogP contribution in [0.4, 0.5) is 0 Å². The second kappa shape index (κ2) is 6.48. The number of H-pyrrole nitrogens is 1. The largest absolute Gasteiger partial charge is 0.357 e. The maximum Gasteiger partial charge on any atom is 0.267 e. The fraction of sp³-hybridized carbons (Fsp3) is 0.438. The van der Waals surface area contributed by atoms with Crippen molar-refractivity contribution in [2.24, 2.45) is 7.05 Å². The Morgan fingerprint density at radius 2 is 1.95 bits per heavy atom. The molecule has 0 saturated heterocycles. The minimum Gasteiger partial charge on any atom is -0.357 e. The fourth-order valence-electron chi connectivity index (χ4n) is 2.46.